The van der Waals surface area contributed by atoms with Crippen molar-refractivity contribution in [2.45, 2.75) is 26.7 Å². The maximum Gasteiger partial charge on any atom is 0.262 e. The minimum absolute atomic E-state index is 0.269. The Morgan fingerprint density at radius 3 is 1.92 bits per heavy atom. The quantitative estimate of drug-likeness (QED) is 0.534. The summed E-state index contributed by atoms with van der Waals surface area (Å²) in [5.41, 5.74) is 0.458. The fourth-order valence-electron chi connectivity index (χ4n) is 2.80. The minimum Gasteiger partial charge on any atom is -0.868 e. The normalized spacial score (nSPS) is 11.2. The van der Waals surface area contributed by atoms with Crippen molar-refractivity contribution in [1.29, 1.82) is 0 Å². The summed E-state index contributed by atoms with van der Waals surface area (Å²) in [6.45, 7) is 5.31. The van der Waals surface area contributed by atoms with Crippen LogP contribution in [0.5, 0.6) is 5.75 Å². The number of hydrogen-bond donors (Lipinski definition) is 0. The predicted octanol–water partition coefficient (Wildman–Crippen LogP) is 3.96. The van der Waals surface area contributed by atoms with Crippen LogP contribution < -0.4 is 5.11 Å². The molecule has 0 aliphatic heterocycles. The fraction of sp³-hybridized carbons (Fsp3) is 0.222. The van der Waals surface area contributed by atoms with Crippen LogP contribution in [-0.2, 0) is 0 Å². The number of hydrogen-bond acceptors (Lipinski definition) is 5. The Labute approximate surface area is 138 Å². The summed E-state index contributed by atoms with van der Waals surface area (Å²) < 4.78 is 11.4. The molecule has 6 nitrogen and oxygen atoms in total. The molecule has 0 aliphatic carbocycles. The van der Waals surface area contributed by atoms with Gasteiger partial charge in [-0.15, -0.1) is 0 Å². The van der Waals surface area contributed by atoms with E-state index in [1.54, 1.807) is 51.1 Å². The predicted molar refractivity (Wildman–Crippen MR) is 85.1 cm³/mol. The van der Waals surface area contributed by atoms with Crippen molar-refractivity contribution in [3.63, 3.8) is 0 Å². The monoisotopic (exact) mass is 326 g/mol. The summed E-state index contributed by atoms with van der Waals surface area (Å²) >= 11 is 0. The van der Waals surface area contributed by atoms with E-state index in [1.165, 1.54) is 6.07 Å². The SMILES string of the molecule is Cc1cc(C(c2ccc(C)o2)c2ccc(C)o2)c([O-])c([N+](=O)[O-])c1. The molecule has 3 aromatic rings. The molecule has 0 aliphatic rings. The number of nitro groups is 1. The number of furan rings is 2. The third-order valence-electron chi connectivity index (χ3n) is 3.84. The molecule has 1 aromatic carbocycles. The van der Waals surface area contributed by atoms with Gasteiger partial charge in [0.05, 0.1) is 10.8 Å². The standard InChI is InChI=1S/C18H17NO5/c1-10-8-13(18(20)14(9-10)19(21)22)17(15-6-4-11(2)23-15)16-7-5-12(3)24-16/h4-9,17,20H,1-3H3/p-1. The van der Waals surface area contributed by atoms with Crippen molar-refractivity contribution in [2.75, 3.05) is 0 Å². The van der Waals surface area contributed by atoms with Gasteiger partial charge in [0.15, 0.2) is 0 Å². The molecule has 0 unspecified atom stereocenters. The molecule has 0 amide bonds. The number of aryl methyl sites for hydroxylation is 3. The Hall–Kier alpha value is -3.02. The molecule has 2 aromatic heterocycles. The van der Waals surface area contributed by atoms with Gasteiger partial charge in [-0.1, -0.05) is 6.07 Å². The molecule has 0 bridgehead atoms. The van der Waals surface area contributed by atoms with Gasteiger partial charge in [0.2, 0.25) is 0 Å². The van der Waals surface area contributed by atoms with Crippen molar-refractivity contribution < 1.29 is 18.9 Å². The smallest absolute Gasteiger partial charge is 0.262 e. The molecular weight excluding hydrogens is 310 g/mol. The van der Waals surface area contributed by atoms with Gasteiger partial charge < -0.3 is 13.9 Å². The molecule has 0 fully saturated rings. The zero-order valence-electron chi connectivity index (χ0n) is 13.5. The first-order valence-corrected chi connectivity index (χ1v) is 7.45. The molecule has 0 N–H and O–H groups in total. The molecule has 2 heterocycles. The van der Waals surface area contributed by atoms with Gasteiger partial charge >= 0.3 is 0 Å². The second-order valence-electron chi connectivity index (χ2n) is 5.79. The lowest BCUT2D eigenvalue weighted by atomic mass is 9.91. The van der Waals surface area contributed by atoms with Gasteiger partial charge in [0, 0.05) is 6.07 Å². The first-order chi connectivity index (χ1) is 11.4. The van der Waals surface area contributed by atoms with E-state index in [4.69, 9.17) is 8.83 Å². The van der Waals surface area contributed by atoms with E-state index in [-0.39, 0.29) is 5.56 Å². The Morgan fingerprint density at radius 2 is 1.50 bits per heavy atom. The van der Waals surface area contributed by atoms with Gasteiger partial charge in [0.25, 0.3) is 5.69 Å². The number of rotatable bonds is 4. The maximum atomic E-state index is 12.6. The molecule has 24 heavy (non-hydrogen) atoms. The summed E-state index contributed by atoms with van der Waals surface area (Å²) in [7, 11) is 0. The lowest BCUT2D eigenvalue weighted by Crippen LogP contribution is -2.09. The molecule has 0 atom stereocenters. The second kappa shape index (κ2) is 5.88. The van der Waals surface area contributed by atoms with Crippen LogP contribution in [0.25, 0.3) is 0 Å². The minimum atomic E-state index is -0.656. The van der Waals surface area contributed by atoms with Gasteiger partial charge in [-0.3, -0.25) is 10.1 Å². The van der Waals surface area contributed by atoms with Crippen LogP contribution in [-0.4, -0.2) is 4.92 Å². The average Bonchev–Trinajstić information content (AvgIpc) is 3.12. The average molecular weight is 326 g/mol. The Bertz CT molecular complexity index is 866. The third kappa shape index (κ3) is 2.78. The number of nitrogens with zero attached hydrogens (tertiary/aromatic N) is 1. The van der Waals surface area contributed by atoms with Gasteiger partial charge in [-0.05, 0) is 61.9 Å². The highest BCUT2D eigenvalue weighted by molar-refractivity contribution is 5.56. The van der Waals surface area contributed by atoms with E-state index in [2.05, 4.69) is 0 Å². The molecule has 0 spiro atoms. The van der Waals surface area contributed by atoms with Crippen molar-refractivity contribution in [3.05, 3.63) is 80.7 Å². The van der Waals surface area contributed by atoms with E-state index in [0.717, 1.165) is 0 Å². The second-order valence-corrected chi connectivity index (χ2v) is 5.79. The van der Waals surface area contributed by atoms with E-state index in [1.807, 2.05) is 0 Å². The fourth-order valence-corrected chi connectivity index (χ4v) is 2.80. The Morgan fingerprint density at radius 1 is 0.958 bits per heavy atom. The van der Waals surface area contributed by atoms with Crippen molar-refractivity contribution >= 4 is 5.69 Å². The van der Waals surface area contributed by atoms with Gasteiger partial charge in [-0.25, -0.2) is 0 Å². The van der Waals surface area contributed by atoms with Crippen LogP contribution in [0.2, 0.25) is 0 Å². The molecule has 124 valence electrons. The summed E-state index contributed by atoms with van der Waals surface area (Å²) in [4.78, 5) is 10.5. The lowest BCUT2D eigenvalue weighted by Gasteiger charge is -2.21. The van der Waals surface area contributed by atoms with E-state index >= 15 is 0 Å². The highest BCUT2D eigenvalue weighted by atomic mass is 16.6. The highest BCUT2D eigenvalue weighted by Crippen LogP contribution is 2.41. The lowest BCUT2D eigenvalue weighted by molar-refractivity contribution is -0.398. The first kappa shape index (κ1) is 15.9. The molecule has 6 heteroatoms. The maximum absolute atomic E-state index is 12.6. The first-order valence-electron chi connectivity index (χ1n) is 7.45. The van der Waals surface area contributed by atoms with Crippen molar-refractivity contribution in [1.82, 2.24) is 0 Å². The van der Waals surface area contributed by atoms with Crippen LogP contribution in [0, 0.1) is 30.9 Å². The molecule has 0 saturated carbocycles. The van der Waals surface area contributed by atoms with Crippen LogP contribution in [0.15, 0.2) is 45.2 Å². The molecule has 0 radical (unpaired) electrons. The Kier molecular flexibility index (Phi) is 3.89. The molecule has 3 rings (SSSR count). The van der Waals surface area contributed by atoms with Crippen LogP contribution >= 0.6 is 0 Å². The number of nitro benzene ring substituents is 1. The third-order valence-corrected chi connectivity index (χ3v) is 3.84. The topological polar surface area (TPSA) is 92.5 Å². The summed E-state index contributed by atoms with van der Waals surface area (Å²) in [6.07, 6.45) is 0. The van der Waals surface area contributed by atoms with E-state index in [0.29, 0.717) is 28.6 Å². The zero-order valence-corrected chi connectivity index (χ0v) is 13.5. The van der Waals surface area contributed by atoms with Crippen LogP contribution in [0.4, 0.5) is 5.69 Å². The summed E-state index contributed by atoms with van der Waals surface area (Å²) in [5, 5.41) is 23.8. The van der Waals surface area contributed by atoms with E-state index < -0.39 is 22.3 Å². The number of benzene rings is 1. The zero-order chi connectivity index (χ0) is 17.4. The van der Waals surface area contributed by atoms with Crippen molar-refractivity contribution in [2.24, 2.45) is 0 Å². The highest BCUT2D eigenvalue weighted by Gasteiger charge is 2.26. The van der Waals surface area contributed by atoms with Gasteiger partial charge in [0.1, 0.15) is 23.0 Å². The summed E-state index contributed by atoms with van der Waals surface area (Å²) in [6, 6.07) is 10.0. The van der Waals surface area contributed by atoms with Crippen LogP contribution in [0.3, 0.4) is 0 Å². The molecule has 0 saturated heterocycles. The van der Waals surface area contributed by atoms with Crippen molar-refractivity contribution in [3.8, 4) is 5.75 Å². The van der Waals surface area contributed by atoms with E-state index in [9.17, 15) is 15.2 Å². The van der Waals surface area contributed by atoms with Gasteiger partial charge in [-0.2, -0.15) is 0 Å². The molecular formula is C18H16NO5-. The largest absolute Gasteiger partial charge is 0.868 e. The van der Waals surface area contributed by atoms with Crippen LogP contribution in [0.1, 0.15) is 40.1 Å². The summed E-state index contributed by atoms with van der Waals surface area (Å²) in [5.74, 6) is 1.15. The Balaban J connectivity index is 2.25.